The van der Waals surface area contributed by atoms with Gasteiger partial charge in [-0.2, -0.15) is 0 Å². The summed E-state index contributed by atoms with van der Waals surface area (Å²) in [6, 6.07) is 0. The molecule has 5 nitrogen and oxygen atoms in total. The number of esters is 1. The molecule has 0 aromatic heterocycles. The van der Waals surface area contributed by atoms with Crippen molar-refractivity contribution in [1.29, 1.82) is 0 Å². The van der Waals surface area contributed by atoms with Crippen molar-refractivity contribution in [3.8, 4) is 0 Å². The van der Waals surface area contributed by atoms with E-state index in [-0.39, 0.29) is 5.97 Å². The number of rotatable bonds is 10. The lowest BCUT2D eigenvalue weighted by Crippen LogP contribution is -2.28. The molecule has 0 fully saturated rings. The van der Waals surface area contributed by atoms with Gasteiger partial charge >= 0.3 is 5.97 Å². The standard InChI is InChI=1S/C16H30N2O3/c1-6-9-10-15(7-2)11-12-16(19)21-14(5)18-17-13(4)20-8-3/h11,14,18H,6-10,12H2,1-5H3/b15-11+,17-13+. The van der Waals surface area contributed by atoms with Crippen molar-refractivity contribution in [2.24, 2.45) is 5.10 Å². The highest BCUT2D eigenvalue weighted by Gasteiger charge is 2.07. The van der Waals surface area contributed by atoms with E-state index in [0.29, 0.717) is 18.9 Å². The third-order valence-electron chi connectivity index (χ3n) is 2.93. The van der Waals surface area contributed by atoms with Crippen LogP contribution < -0.4 is 5.43 Å². The highest BCUT2D eigenvalue weighted by molar-refractivity contribution is 5.73. The second-order valence-corrected chi connectivity index (χ2v) is 4.85. The van der Waals surface area contributed by atoms with Gasteiger partial charge in [-0.25, -0.2) is 0 Å². The van der Waals surface area contributed by atoms with E-state index in [2.05, 4.69) is 24.4 Å². The molecule has 0 aliphatic heterocycles. The molecule has 1 N–H and O–H groups in total. The Labute approximate surface area is 128 Å². The van der Waals surface area contributed by atoms with E-state index in [1.807, 2.05) is 13.0 Å². The van der Waals surface area contributed by atoms with Crippen LogP contribution in [0.2, 0.25) is 0 Å². The lowest BCUT2D eigenvalue weighted by Gasteiger charge is -2.13. The largest absolute Gasteiger partial charge is 0.480 e. The number of carbonyl (C=O) groups excluding carboxylic acids is 1. The molecule has 0 aromatic carbocycles. The maximum atomic E-state index is 11.7. The molecule has 5 heteroatoms. The fourth-order valence-electron chi connectivity index (χ4n) is 1.75. The van der Waals surface area contributed by atoms with Crippen molar-refractivity contribution in [3.05, 3.63) is 11.6 Å². The first kappa shape index (κ1) is 19.5. The molecule has 0 amide bonds. The lowest BCUT2D eigenvalue weighted by atomic mass is 10.1. The Morgan fingerprint density at radius 3 is 2.62 bits per heavy atom. The SMILES string of the molecule is CCCC/C(=C/CC(=O)OC(C)N/N=C(\C)OCC)CC. The monoisotopic (exact) mass is 298 g/mol. The van der Waals surface area contributed by atoms with Crippen LogP contribution in [0.3, 0.4) is 0 Å². The Morgan fingerprint density at radius 2 is 2.05 bits per heavy atom. The molecule has 0 saturated carbocycles. The van der Waals surface area contributed by atoms with Crippen LogP contribution >= 0.6 is 0 Å². The molecular formula is C16H30N2O3. The summed E-state index contributed by atoms with van der Waals surface area (Å²) in [6.45, 7) is 10.2. The Balaban J connectivity index is 4.12. The summed E-state index contributed by atoms with van der Waals surface area (Å²) in [5, 5.41) is 3.97. The van der Waals surface area contributed by atoms with Crippen molar-refractivity contribution in [1.82, 2.24) is 5.43 Å². The molecule has 0 aliphatic rings. The van der Waals surface area contributed by atoms with Gasteiger partial charge < -0.3 is 9.47 Å². The topological polar surface area (TPSA) is 59.9 Å². The zero-order chi connectivity index (χ0) is 16.1. The van der Waals surface area contributed by atoms with E-state index in [9.17, 15) is 4.79 Å². The van der Waals surface area contributed by atoms with Crippen molar-refractivity contribution < 1.29 is 14.3 Å². The van der Waals surface area contributed by atoms with Crippen LogP contribution in [0.25, 0.3) is 0 Å². The molecule has 0 aliphatic carbocycles. The van der Waals surface area contributed by atoms with Crippen molar-refractivity contribution in [3.63, 3.8) is 0 Å². The molecule has 0 radical (unpaired) electrons. The lowest BCUT2D eigenvalue weighted by molar-refractivity contribution is -0.148. The molecule has 0 heterocycles. The third kappa shape index (κ3) is 10.9. The van der Waals surface area contributed by atoms with Gasteiger partial charge in [0.1, 0.15) is 0 Å². The maximum Gasteiger partial charge on any atom is 0.311 e. The quantitative estimate of drug-likeness (QED) is 0.167. The minimum Gasteiger partial charge on any atom is -0.480 e. The zero-order valence-electron chi connectivity index (χ0n) is 14.1. The molecule has 122 valence electrons. The number of hydrogen-bond acceptors (Lipinski definition) is 5. The fourth-order valence-corrected chi connectivity index (χ4v) is 1.75. The summed E-state index contributed by atoms with van der Waals surface area (Å²) < 4.78 is 10.4. The molecule has 0 spiro atoms. The third-order valence-corrected chi connectivity index (χ3v) is 2.93. The van der Waals surface area contributed by atoms with E-state index >= 15 is 0 Å². The van der Waals surface area contributed by atoms with Crippen molar-refractivity contribution in [2.75, 3.05) is 6.61 Å². The minimum atomic E-state index is -0.470. The molecule has 1 atom stereocenters. The molecule has 0 saturated heterocycles. The van der Waals surface area contributed by atoms with Crippen LogP contribution in [0, 0.1) is 0 Å². The number of allylic oxidation sites excluding steroid dienone is 1. The summed E-state index contributed by atoms with van der Waals surface area (Å²) in [4.78, 5) is 11.7. The molecular weight excluding hydrogens is 268 g/mol. The summed E-state index contributed by atoms with van der Waals surface area (Å²) >= 11 is 0. The Hall–Kier alpha value is -1.52. The number of nitrogens with one attached hydrogen (secondary N) is 1. The number of hydrogen-bond donors (Lipinski definition) is 1. The van der Waals surface area contributed by atoms with Gasteiger partial charge in [0.2, 0.25) is 5.90 Å². The van der Waals surface area contributed by atoms with Crippen LogP contribution in [0.5, 0.6) is 0 Å². The first-order valence-corrected chi connectivity index (χ1v) is 7.83. The summed E-state index contributed by atoms with van der Waals surface area (Å²) in [5.74, 6) is 0.273. The predicted octanol–water partition coefficient (Wildman–Crippen LogP) is 3.75. The van der Waals surface area contributed by atoms with Crippen LogP contribution in [0.4, 0.5) is 0 Å². The van der Waals surface area contributed by atoms with Gasteiger partial charge in [0.15, 0.2) is 6.23 Å². The number of hydrazone groups is 1. The number of ether oxygens (including phenoxy) is 2. The molecule has 0 aromatic rings. The first-order chi connectivity index (χ1) is 10.0. The van der Waals surface area contributed by atoms with E-state index in [4.69, 9.17) is 9.47 Å². The van der Waals surface area contributed by atoms with E-state index in [1.165, 1.54) is 12.0 Å². The normalized spacial score (nSPS) is 13.8. The van der Waals surface area contributed by atoms with Gasteiger partial charge in [-0.1, -0.05) is 31.9 Å². The molecule has 0 rings (SSSR count). The number of carbonyl (C=O) groups is 1. The zero-order valence-corrected chi connectivity index (χ0v) is 14.1. The fraction of sp³-hybridized carbons (Fsp3) is 0.750. The smallest absolute Gasteiger partial charge is 0.311 e. The average Bonchev–Trinajstić information content (AvgIpc) is 2.45. The minimum absolute atomic E-state index is 0.248. The number of unbranched alkanes of at least 4 members (excludes halogenated alkanes) is 1. The van der Waals surface area contributed by atoms with Gasteiger partial charge in [0.25, 0.3) is 0 Å². The molecule has 1 unspecified atom stereocenters. The van der Waals surface area contributed by atoms with Crippen LogP contribution in [-0.2, 0) is 14.3 Å². The van der Waals surface area contributed by atoms with Crippen molar-refractivity contribution in [2.45, 2.75) is 73.0 Å². The first-order valence-electron chi connectivity index (χ1n) is 7.83. The van der Waals surface area contributed by atoms with Gasteiger partial charge in [0, 0.05) is 6.92 Å². The Kier molecular flexibility index (Phi) is 11.4. The van der Waals surface area contributed by atoms with Crippen LogP contribution in [-0.4, -0.2) is 24.7 Å². The van der Waals surface area contributed by atoms with E-state index in [1.54, 1.807) is 13.8 Å². The van der Waals surface area contributed by atoms with Crippen LogP contribution in [0.15, 0.2) is 16.8 Å². The highest BCUT2D eigenvalue weighted by Crippen LogP contribution is 2.12. The van der Waals surface area contributed by atoms with Gasteiger partial charge in [-0.15, -0.1) is 5.10 Å². The van der Waals surface area contributed by atoms with Gasteiger partial charge in [-0.3, -0.25) is 10.2 Å². The summed E-state index contributed by atoms with van der Waals surface area (Å²) in [7, 11) is 0. The van der Waals surface area contributed by atoms with Crippen molar-refractivity contribution >= 4 is 11.9 Å². The average molecular weight is 298 g/mol. The molecule has 0 bridgehead atoms. The second-order valence-electron chi connectivity index (χ2n) is 4.85. The maximum absolute atomic E-state index is 11.7. The van der Waals surface area contributed by atoms with Gasteiger partial charge in [-0.05, 0) is 33.1 Å². The highest BCUT2D eigenvalue weighted by atomic mass is 16.6. The summed E-state index contributed by atoms with van der Waals surface area (Å²) in [5.41, 5.74) is 4.05. The second kappa shape index (κ2) is 12.2. The Morgan fingerprint density at radius 1 is 1.33 bits per heavy atom. The Bertz CT molecular complexity index is 351. The predicted molar refractivity (Wildman–Crippen MR) is 85.9 cm³/mol. The van der Waals surface area contributed by atoms with Crippen LogP contribution in [0.1, 0.15) is 66.7 Å². The molecule has 21 heavy (non-hydrogen) atoms. The van der Waals surface area contributed by atoms with Gasteiger partial charge in [0.05, 0.1) is 13.0 Å². The van der Waals surface area contributed by atoms with E-state index < -0.39 is 6.23 Å². The number of nitrogens with zero attached hydrogens (tertiary/aromatic N) is 1. The summed E-state index contributed by atoms with van der Waals surface area (Å²) in [6.07, 6.45) is 6.21. The van der Waals surface area contributed by atoms with E-state index in [0.717, 1.165) is 19.3 Å².